The van der Waals surface area contributed by atoms with Crippen LogP contribution in [0.25, 0.3) is 0 Å². The topological polar surface area (TPSA) is 64.2 Å². The molecule has 1 aromatic rings. The Labute approximate surface area is 64.1 Å². The van der Waals surface area contributed by atoms with Gasteiger partial charge >= 0.3 is 0 Å². The van der Waals surface area contributed by atoms with Gasteiger partial charge in [-0.3, -0.25) is 0 Å². The molecule has 2 N–H and O–H groups in total. The number of nitriles is 1. The highest BCUT2D eigenvalue weighted by Gasteiger charge is 1.99. The van der Waals surface area contributed by atoms with Gasteiger partial charge in [0, 0.05) is 5.56 Å². The predicted octanol–water partition coefficient (Wildman–Crippen LogP) is 0.756. The van der Waals surface area contributed by atoms with Gasteiger partial charge in [-0.2, -0.15) is 5.26 Å². The molecule has 3 nitrogen and oxygen atoms in total. The molecular formula is C8H7NO2. The third-order valence-electron chi connectivity index (χ3n) is 1.38. The smallest absolute Gasteiger partial charge is 0.122 e. The van der Waals surface area contributed by atoms with Crippen LogP contribution in [0.2, 0.25) is 0 Å². The molecule has 0 aliphatic rings. The van der Waals surface area contributed by atoms with Crippen LogP contribution in [0, 0.1) is 11.3 Å². The average molecular weight is 149 g/mol. The van der Waals surface area contributed by atoms with E-state index >= 15 is 0 Å². The monoisotopic (exact) mass is 149 g/mol. The van der Waals surface area contributed by atoms with Crippen LogP contribution in [0.15, 0.2) is 18.2 Å². The Morgan fingerprint density at radius 1 is 1.45 bits per heavy atom. The summed E-state index contributed by atoms with van der Waals surface area (Å²) in [7, 11) is 0. The summed E-state index contributed by atoms with van der Waals surface area (Å²) in [5.41, 5.74) is 0.823. The van der Waals surface area contributed by atoms with Crippen LogP contribution >= 0.6 is 0 Å². The molecule has 0 saturated carbocycles. The highest BCUT2D eigenvalue weighted by Crippen LogP contribution is 2.17. The first kappa shape index (κ1) is 7.58. The molecule has 0 heterocycles. The van der Waals surface area contributed by atoms with Crippen LogP contribution in [0.1, 0.15) is 11.1 Å². The summed E-state index contributed by atoms with van der Waals surface area (Å²) in [6.45, 7) is -0.211. The van der Waals surface area contributed by atoms with Crippen molar-refractivity contribution >= 4 is 0 Å². The van der Waals surface area contributed by atoms with Crippen LogP contribution in [0.5, 0.6) is 5.75 Å². The van der Waals surface area contributed by atoms with Gasteiger partial charge in [0.1, 0.15) is 5.75 Å². The quantitative estimate of drug-likeness (QED) is 0.619. The van der Waals surface area contributed by atoms with Crippen molar-refractivity contribution in [1.82, 2.24) is 0 Å². The van der Waals surface area contributed by atoms with Crippen LogP contribution in [0.3, 0.4) is 0 Å². The molecule has 1 rings (SSSR count). The van der Waals surface area contributed by atoms with Crippen molar-refractivity contribution in [2.75, 3.05) is 0 Å². The number of rotatable bonds is 1. The fraction of sp³-hybridized carbons (Fsp3) is 0.125. The number of aliphatic hydroxyl groups is 1. The maximum atomic E-state index is 9.11. The Morgan fingerprint density at radius 3 is 2.64 bits per heavy atom. The molecule has 1 aromatic carbocycles. The molecule has 3 heteroatoms. The molecule has 0 aliphatic heterocycles. The van der Waals surface area contributed by atoms with Crippen molar-refractivity contribution in [3.05, 3.63) is 29.3 Å². The van der Waals surface area contributed by atoms with E-state index in [2.05, 4.69) is 0 Å². The summed E-state index contributed by atoms with van der Waals surface area (Å²) >= 11 is 0. The summed E-state index contributed by atoms with van der Waals surface area (Å²) < 4.78 is 0. The number of aromatic hydroxyl groups is 1. The lowest BCUT2D eigenvalue weighted by Crippen LogP contribution is -1.84. The summed E-state index contributed by atoms with van der Waals surface area (Å²) in [5, 5.41) is 26.2. The number of aliphatic hydroxyl groups excluding tert-OH is 1. The molecule has 0 radical (unpaired) electrons. The standard InChI is InChI=1S/C8H7NO2/c9-4-6-1-2-7(5-10)8(11)3-6/h1-3,10-11H,5H2. The van der Waals surface area contributed by atoms with Crippen molar-refractivity contribution < 1.29 is 10.2 Å². The van der Waals surface area contributed by atoms with Crippen molar-refractivity contribution in [2.24, 2.45) is 0 Å². The second-order valence-electron chi connectivity index (χ2n) is 2.11. The Balaban J connectivity index is 3.12. The number of phenols is 1. The molecule has 0 unspecified atom stereocenters. The van der Waals surface area contributed by atoms with Crippen LogP contribution in [0.4, 0.5) is 0 Å². The van der Waals surface area contributed by atoms with Gasteiger partial charge in [-0.15, -0.1) is 0 Å². The van der Waals surface area contributed by atoms with E-state index in [4.69, 9.17) is 15.5 Å². The molecule has 0 atom stereocenters. The molecule has 11 heavy (non-hydrogen) atoms. The lowest BCUT2D eigenvalue weighted by molar-refractivity contribution is 0.275. The Kier molecular flexibility index (Phi) is 2.09. The average Bonchev–Trinajstić information content (AvgIpc) is 2.04. The van der Waals surface area contributed by atoms with E-state index in [0.29, 0.717) is 11.1 Å². The van der Waals surface area contributed by atoms with Crippen LogP contribution in [-0.2, 0) is 6.61 Å². The van der Waals surface area contributed by atoms with Crippen LogP contribution in [-0.4, -0.2) is 10.2 Å². The van der Waals surface area contributed by atoms with E-state index in [1.54, 1.807) is 6.07 Å². The zero-order chi connectivity index (χ0) is 8.27. The summed E-state index contributed by atoms with van der Waals surface area (Å²) in [4.78, 5) is 0. The lowest BCUT2D eigenvalue weighted by atomic mass is 10.1. The maximum Gasteiger partial charge on any atom is 0.122 e. The fourth-order valence-electron chi connectivity index (χ4n) is 0.767. The number of benzene rings is 1. The second-order valence-corrected chi connectivity index (χ2v) is 2.11. The largest absolute Gasteiger partial charge is 0.508 e. The van der Waals surface area contributed by atoms with Gasteiger partial charge in [-0.05, 0) is 12.1 Å². The van der Waals surface area contributed by atoms with Gasteiger partial charge in [0.15, 0.2) is 0 Å². The molecule has 0 amide bonds. The van der Waals surface area contributed by atoms with Crippen molar-refractivity contribution in [1.29, 1.82) is 5.26 Å². The van der Waals surface area contributed by atoms with E-state index in [0.717, 1.165) is 0 Å². The number of nitrogens with zero attached hydrogens (tertiary/aromatic N) is 1. The van der Waals surface area contributed by atoms with Crippen LogP contribution < -0.4 is 0 Å². The van der Waals surface area contributed by atoms with Crippen molar-refractivity contribution in [2.45, 2.75) is 6.61 Å². The lowest BCUT2D eigenvalue weighted by Gasteiger charge is -1.98. The summed E-state index contributed by atoms with van der Waals surface area (Å²) in [6, 6.07) is 6.27. The summed E-state index contributed by atoms with van der Waals surface area (Å²) in [6.07, 6.45) is 0. The van der Waals surface area contributed by atoms with E-state index < -0.39 is 0 Å². The molecule has 0 spiro atoms. The molecule has 56 valence electrons. The van der Waals surface area contributed by atoms with E-state index in [9.17, 15) is 0 Å². The third-order valence-corrected chi connectivity index (χ3v) is 1.38. The minimum absolute atomic E-state index is 0.0356. The second kappa shape index (κ2) is 3.04. The SMILES string of the molecule is N#Cc1ccc(CO)c(O)c1. The van der Waals surface area contributed by atoms with Gasteiger partial charge in [-0.1, -0.05) is 6.07 Å². The third kappa shape index (κ3) is 1.48. The first-order chi connectivity index (χ1) is 5.27. The van der Waals surface area contributed by atoms with E-state index in [1.807, 2.05) is 6.07 Å². The molecule has 0 saturated heterocycles. The molecule has 0 fully saturated rings. The van der Waals surface area contributed by atoms with Gasteiger partial charge in [0.05, 0.1) is 18.2 Å². The van der Waals surface area contributed by atoms with Gasteiger partial charge in [0.25, 0.3) is 0 Å². The highest BCUT2D eigenvalue weighted by molar-refractivity contribution is 5.41. The zero-order valence-corrected chi connectivity index (χ0v) is 5.78. The molecule has 0 aliphatic carbocycles. The van der Waals surface area contributed by atoms with E-state index in [1.165, 1.54) is 12.1 Å². The normalized spacial score (nSPS) is 9.09. The van der Waals surface area contributed by atoms with Gasteiger partial charge < -0.3 is 10.2 Å². The minimum Gasteiger partial charge on any atom is -0.508 e. The van der Waals surface area contributed by atoms with Gasteiger partial charge in [-0.25, -0.2) is 0 Å². The van der Waals surface area contributed by atoms with Crippen molar-refractivity contribution in [3.8, 4) is 11.8 Å². The molecule has 0 aromatic heterocycles. The first-order valence-corrected chi connectivity index (χ1v) is 3.11. The summed E-state index contributed by atoms with van der Waals surface area (Å²) in [5.74, 6) is -0.0356. The highest BCUT2D eigenvalue weighted by atomic mass is 16.3. The maximum absolute atomic E-state index is 9.11. The predicted molar refractivity (Wildman–Crippen MR) is 38.7 cm³/mol. The Morgan fingerprint density at radius 2 is 2.18 bits per heavy atom. The van der Waals surface area contributed by atoms with E-state index in [-0.39, 0.29) is 12.4 Å². The zero-order valence-electron chi connectivity index (χ0n) is 5.78. The molecular weight excluding hydrogens is 142 g/mol. The minimum atomic E-state index is -0.211. The number of hydrogen-bond acceptors (Lipinski definition) is 3. The first-order valence-electron chi connectivity index (χ1n) is 3.11. The molecule has 0 bridgehead atoms. The Bertz CT molecular complexity index is 301. The fourth-order valence-corrected chi connectivity index (χ4v) is 0.767. The van der Waals surface area contributed by atoms with Crippen molar-refractivity contribution in [3.63, 3.8) is 0 Å². The Hall–Kier alpha value is -1.53. The number of hydrogen-bond donors (Lipinski definition) is 2. The van der Waals surface area contributed by atoms with Gasteiger partial charge in [0.2, 0.25) is 0 Å².